The normalized spacial score (nSPS) is 10.0. The fraction of sp³-hybridized carbons (Fsp3) is 0.143. The van der Waals surface area contributed by atoms with Gasteiger partial charge in [0.1, 0.15) is 0 Å². The SMILES string of the molecule is C=CC(=O)N(Cc1ccncc1)Cc1cccs1. The van der Waals surface area contributed by atoms with Gasteiger partial charge in [-0.3, -0.25) is 9.78 Å². The number of carbonyl (C=O) groups excluding carboxylic acids is 1. The second kappa shape index (κ2) is 6.12. The van der Waals surface area contributed by atoms with Gasteiger partial charge in [0, 0.05) is 23.8 Å². The van der Waals surface area contributed by atoms with E-state index in [2.05, 4.69) is 11.6 Å². The van der Waals surface area contributed by atoms with Crippen LogP contribution in [0, 0.1) is 0 Å². The molecule has 2 aromatic rings. The van der Waals surface area contributed by atoms with Crippen molar-refractivity contribution in [3.05, 3.63) is 65.1 Å². The van der Waals surface area contributed by atoms with Crippen molar-refractivity contribution in [2.75, 3.05) is 0 Å². The molecule has 0 saturated heterocycles. The fourth-order valence-corrected chi connectivity index (χ4v) is 2.36. The maximum Gasteiger partial charge on any atom is 0.246 e. The van der Waals surface area contributed by atoms with E-state index in [1.54, 1.807) is 28.6 Å². The smallest absolute Gasteiger partial charge is 0.246 e. The number of hydrogen-bond donors (Lipinski definition) is 0. The van der Waals surface area contributed by atoms with Crippen molar-refractivity contribution in [1.82, 2.24) is 9.88 Å². The van der Waals surface area contributed by atoms with Crippen LogP contribution in [0.2, 0.25) is 0 Å². The average Bonchev–Trinajstić information content (AvgIpc) is 2.91. The van der Waals surface area contributed by atoms with E-state index in [1.165, 1.54) is 11.0 Å². The molecule has 0 aliphatic heterocycles. The van der Waals surface area contributed by atoms with Crippen LogP contribution in [0.25, 0.3) is 0 Å². The molecule has 2 heterocycles. The Balaban J connectivity index is 2.10. The minimum absolute atomic E-state index is 0.0554. The molecule has 4 heteroatoms. The zero-order valence-corrected chi connectivity index (χ0v) is 10.8. The van der Waals surface area contributed by atoms with Crippen LogP contribution in [0.1, 0.15) is 10.4 Å². The Morgan fingerprint density at radius 1 is 1.33 bits per heavy atom. The van der Waals surface area contributed by atoms with Crippen LogP contribution in [0.5, 0.6) is 0 Å². The largest absolute Gasteiger partial charge is 0.330 e. The fourth-order valence-electron chi connectivity index (χ4n) is 1.64. The van der Waals surface area contributed by atoms with Crippen LogP contribution in [0.15, 0.2) is 54.7 Å². The van der Waals surface area contributed by atoms with Gasteiger partial charge < -0.3 is 4.90 Å². The number of carbonyl (C=O) groups is 1. The van der Waals surface area contributed by atoms with Crippen LogP contribution in [0.3, 0.4) is 0 Å². The third-order valence-corrected chi connectivity index (χ3v) is 3.40. The minimum Gasteiger partial charge on any atom is -0.330 e. The zero-order chi connectivity index (χ0) is 12.8. The predicted molar refractivity (Wildman–Crippen MR) is 73.0 cm³/mol. The van der Waals surface area contributed by atoms with E-state index in [0.717, 1.165) is 5.56 Å². The summed E-state index contributed by atoms with van der Waals surface area (Å²) in [4.78, 5) is 18.7. The molecular formula is C14H14N2OS. The molecule has 0 aliphatic carbocycles. The van der Waals surface area contributed by atoms with Crippen molar-refractivity contribution >= 4 is 17.2 Å². The molecule has 1 amide bonds. The van der Waals surface area contributed by atoms with E-state index in [4.69, 9.17) is 0 Å². The first-order valence-corrected chi connectivity index (χ1v) is 6.50. The molecule has 0 unspecified atom stereocenters. The number of aromatic nitrogens is 1. The monoisotopic (exact) mass is 258 g/mol. The number of thiophene rings is 1. The van der Waals surface area contributed by atoms with Gasteiger partial charge >= 0.3 is 0 Å². The maximum atomic E-state index is 11.8. The van der Waals surface area contributed by atoms with Crippen LogP contribution in [0.4, 0.5) is 0 Å². The summed E-state index contributed by atoms with van der Waals surface area (Å²) in [6, 6.07) is 7.85. The Bertz CT molecular complexity index is 508. The molecule has 0 radical (unpaired) electrons. The minimum atomic E-state index is -0.0554. The number of amides is 1. The maximum absolute atomic E-state index is 11.8. The first-order chi connectivity index (χ1) is 8.79. The van der Waals surface area contributed by atoms with Crippen molar-refractivity contribution in [3.8, 4) is 0 Å². The molecule has 2 rings (SSSR count). The van der Waals surface area contributed by atoms with Gasteiger partial charge in [0.15, 0.2) is 0 Å². The third kappa shape index (κ3) is 3.28. The molecule has 0 aliphatic rings. The van der Waals surface area contributed by atoms with Gasteiger partial charge in [-0.25, -0.2) is 0 Å². The van der Waals surface area contributed by atoms with Crippen molar-refractivity contribution in [1.29, 1.82) is 0 Å². The molecule has 0 spiro atoms. The Labute approximate surface area is 110 Å². The van der Waals surface area contributed by atoms with E-state index in [0.29, 0.717) is 13.1 Å². The lowest BCUT2D eigenvalue weighted by atomic mass is 10.2. The Morgan fingerprint density at radius 3 is 2.72 bits per heavy atom. The van der Waals surface area contributed by atoms with Crippen LogP contribution < -0.4 is 0 Å². The van der Waals surface area contributed by atoms with Crippen molar-refractivity contribution in [2.45, 2.75) is 13.1 Å². The quantitative estimate of drug-likeness (QED) is 0.773. The summed E-state index contributed by atoms with van der Waals surface area (Å²) >= 11 is 1.65. The highest BCUT2D eigenvalue weighted by Crippen LogP contribution is 2.14. The second-order valence-corrected chi connectivity index (χ2v) is 4.87. The molecule has 3 nitrogen and oxygen atoms in total. The molecule has 0 bridgehead atoms. The number of rotatable bonds is 5. The molecule has 0 saturated carbocycles. The number of hydrogen-bond acceptors (Lipinski definition) is 3. The van der Waals surface area contributed by atoms with Crippen molar-refractivity contribution in [3.63, 3.8) is 0 Å². The first kappa shape index (κ1) is 12.5. The number of nitrogens with zero attached hydrogens (tertiary/aromatic N) is 2. The molecule has 92 valence electrons. The van der Waals surface area contributed by atoms with E-state index in [1.807, 2.05) is 29.6 Å². The number of pyridine rings is 1. The van der Waals surface area contributed by atoms with Crippen molar-refractivity contribution in [2.24, 2.45) is 0 Å². The Hall–Kier alpha value is -1.94. The van der Waals surface area contributed by atoms with Gasteiger partial charge in [-0.05, 0) is 35.2 Å². The van der Waals surface area contributed by atoms with E-state index in [-0.39, 0.29) is 5.91 Å². The van der Waals surface area contributed by atoms with Gasteiger partial charge in [0.05, 0.1) is 6.54 Å². The van der Waals surface area contributed by atoms with Crippen LogP contribution in [-0.4, -0.2) is 15.8 Å². The molecule has 0 aromatic carbocycles. The van der Waals surface area contributed by atoms with Gasteiger partial charge in [0.25, 0.3) is 0 Å². The van der Waals surface area contributed by atoms with Gasteiger partial charge in [-0.2, -0.15) is 0 Å². The molecular weight excluding hydrogens is 244 g/mol. The van der Waals surface area contributed by atoms with E-state index in [9.17, 15) is 4.79 Å². The molecule has 18 heavy (non-hydrogen) atoms. The summed E-state index contributed by atoms with van der Waals surface area (Å²) in [5.41, 5.74) is 1.07. The molecule has 0 fully saturated rings. The zero-order valence-electron chi connectivity index (χ0n) is 9.95. The third-order valence-electron chi connectivity index (χ3n) is 2.54. The molecule has 0 atom stereocenters. The first-order valence-electron chi connectivity index (χ1n) is 5.62. The lowest BCUT2D eigenvalue weighted by Gasteiger charge is -2.20. The summed E-state index contributed by atoms with van der Waals surface area (Å²) < 4.78 is 0. The summed E-state index contributed by atoms with van der Waals surface area (Å²) in [6.07, 6.45) is 4.82. The molecule has 2 aromatic heterocycles. The average molecular weight is 258 g/mol. The van der Waals surface area contributed by atoms with Crippen molar-refractivity contribution < 1.29 is 4.79 Å². The topological polar surface area (TPSA) is 33.2 Å². The summed E-state index contributed by atoms with van der Waals surface area (Å²) in [5, 5.41) is 2.01. The van der Waals surface area contributed by atoms with Crippen LogP contribution in [-0.2, 0) is 17.9 Å². The van der Waals surface area contributed by atoms with E-state index >= 15 is 0 Å². The van der Waals surface area contributed by atoms with Gasteiger partial charge in [-0.1, -0.05) is 12.6 Å². The highest BCUT2D eigenvalue weighted by molar-refractivity contribution is 7.09. The lowest BCUT2D eigenvalue weighted by Crippen LogP contribution is -2.27. The summed E-state index contributed by atoms with van der Waals surface area (Å²) in [7, 11) is 0. The summed E-state index contributed by atoms with van der Waals surface area (Å²) in [5.74, 6) is -0.0554. The second-order valence-electron chi connectivity index (χ2n) is 3.83. The lowest BCUT2D eigenvalue weighted by molar-refractivity contribution is -0.127. The van der Waals surface area contributed by atoms with Gasteiger partial charge in [-0.15, -0.1) is 11.3 Å². The Morgan fingerprint density at radius 2 is 2.11 bits per heavy atom. The van der Waals surface area contributed by atoms with E-state index < -0.39 is 0 Å². The Kier molecular flexibility index (Phi) is 4.25. The predicted octanol–water partition coefficient (Wildman–Crippen LogP) is 2.86. The summed E-state index contributed by atoms with van der Waals surface area (Å²) in [6.45, 7) is 4.74. The highest BCUT2D eigenvalue weighted by atomic mass is 32.1. The molecule has 0 N–H and O–H groups in total. The standard InChI is InChI=1S/C14H14N2OS/c1-2-14(17)16(11-13-4-3-9-18-13)10-12-5-7-15-8-6-12/h2-9H,1,10-11H2. The highest BCUT2D eigenvalue weighted by Gasteiger charge is 2.11. The van der Waals surface area contributed by atoms with Crippen LogP contribution >= 0.6 is 11.3 Å². The van der Waals surface area contributed by atoms with Gasteiger partial charge in [0.2, 0.25) is 5.91 Å².